The van der Waals surface area contributed by atoms with Crippen molar-refractivity contribution in [2.24, 2.45) is 0 Å². The fraction of sp³-hybridized carbons (Fsp3) is 0.235. The predicted molar refractivity (Wildman–Crippen MR) is 90.7 cm³/mol. The topological polar surface area (TPSA) is 73.2 Å². The highest BCUT2D eigenvalue weighted by molar-refractivity contribution is 7.89. The fourth-order valence-corrected chi connectivity index (χ4v) is 3.43. The molecule has 0 spiro atoms. The molecule has 0 saturated heterocycles. The summed E-state index contributed by atoms with van der Waals surface area (Å²) in [5.74, 6) is 0. The van der Waals surface area contributed by atoms with Crippen molar-refractivity contribution in [1.29, 1.82) is 5.26 Å². The van der Waals surface area contributed by atoms with Crippen LogP contribution in [0.4, 0.5) is 5.69 Å². The molecule has 6 heteroatoms. The minimum Gasteiger partial charge on any atom is -0.375 e. The molecule has 0 fully saturated rings. The van der Waals surface area contributed by atoms with Crippen LogP contribution in [-0.2, 0) is 10.0 Å². The van der Waals surface area contributed by atoms with E-state index in [9.17, 15) is 8.42 Å². The molecular formula is C17H19N3O2S. The number of rotatable bonds is 7. The van der Waals surface area contributed by atoms with Gasteiger partial charge in [0.15, 0.2) is 0 Å². The lowest BCUT2D eigenvalue weighted by atomic mass is 10.2. The smallest absolute Gasteiger partial charge is 0.241 e. The Morgan fingerprint density at radius 1 is 1.09 bits per heavy atom. The maximum atomic E-state index is 12.3. The van der Waals surface area contributed by atoms with E-state index < -0.39 is 10.0 Å². The first kappa shape index (κ1) is 17.0. The number of nitrogens with zero attached hydrogens (tertiary/aromatic N) is 2. The lowest BCUT2D eigenvalue weighted by Crippen LogP contribution is -2.28. The van der Waals surface area contributed by atoms with Gasteiger partial charge in [-0.25, -0.2) is 13.1 Å². The summed E-state index contributed by atoms with van der Waals surface area (Å²) < 4.78 is 27.1. The van der Waals surface area contributed by atoms with Crippen molar-refractivity contribution in [2.75, 3.05) is 25.0 Å². The highest BCUT2D eigenvalue weighted by Gasteiger charge is 2.17. The summed E-state index contributed by atoms with van der Waals surface area (Å²) >= 11 is 0. The molecule has 1 N–H and O–H groups in total. The van der Waals surface area contributed by atoms with Crippen LogP contribution in [0.1, 0.15) is 12.0 Å². The number of nitrogens with one attached hydrogen (secondary N) is 1. The Balaban J connectivity index is 1.90. The monoisotopic (exact) mass is 329 g/mol. The number of sulfonamides is 1. The number of benzene rings is 2. The van der Waals surface area contributed by atoms with Crippen LogP contribution in [0.5, 0.6) is 0 Å². The highest BCUT2D eigenvalue weighted by Crippen LogP contribution is 2.14. The second-order valence-corrected chi connectivity index (χ2v) is 6.85. The molecule has 0 bridgehead atoms. The molecule has 0 aliphatic heterocycles. The van der Waals surface area contributed by atoms with Gasteiger partial charge in [-0.1, -0.05) is 30.3 Å². The van der Waals surface area contributed by atoms with Crippen molar-refractivity contribution < 1.29 is 8.42 Å². The molecule has 2 aromatic carbocycles. The van der Waals surface area contributed by atoms with Crippen LogP contribution in [0.15, 0.2) is 59.5 Å². The van der Waals surface area contributed by atoms with E-state index in [1.807, 2.05) is 43.4 Å². The van der Waals surface area contributed by atoms with Crippen LogP contribution in [0, 0.1) is 11.3 Å². The summed E-state index contributed by atoms with van der Waals surface area (Å²) in [6.45, 7) is 1.05. The van der Waals surface area contributed by atoms with Crippen molar-refractivity contribution in [2.45, 2.75) is 11.3 Å². The molecule has 0 atom stereocenters. The molecule has 0 amide bonds. The van der Waals surface area contributed by atoms with Gasteiger partial charge in [0, 0.05) is 25.8 Å². The van der Waals surface area contributed by atoms with Gasteiger partial charge in [0.05, 0.1) is 10.5 Å². The summed E-state index contributed by atoms with van der Waals surface area (Å²) in [6.07, 6.45) is 0.666. The summed E-state index contributed by atoms with van der Waals surface area (Å²) in [4.78, 5) is 2.09. The number of hydrogen-bond donors (Lipinski definition) is 1. The molecule has 0 unspecified atom stereocenters. The van der Waals surface area contributed by atoms with Gasteiger partial charge >= 0.3 is 0 Å². The molecular weight excluding hydrogens is 310 g/mol. The Labute approximate surface area is 137 Å². The zero-order valence-electron chi connectivity index (χ0n) is 12.9. The predicted octanol–water partition coefficient (Wildman–Crippen LogP) is 2.36. The van der Waals surface area contributed by atoms with Gasteiger partial charge in [-0.05, 0) is 30.7 Å². The molecule has 0 heterocycles. The van der Waals surface area contributed by atoms with E-state index in [-0.39, 0.29) is 10.5 Å². The summed E-state index contributed by atoms with van der Waals surface area (Å²) in [7, 11) is -1.69. The van der Waals surface area contributed by atoms with Crippen molar-refractivity contribution >= 4 is 15.7 Å². The van der Waals surface area contributed by atoms with Gasteiger partial charge in [0.1, 0.15) is 6.07 Å². The van der Waals surface area contributed by atoms with E-state index in [4.69, 9.17) is 5.26 Å². The maximum absolute atomic E-state index is 12.3. The van der Waals surface area contributed by atoms with Crippen LogP contribution >= 0.6 is 0 Å². The van der Waals surface area contributed by atoms with E-state index in [0.29, 0.717) is 13.0 Å². The van der Waals surface area contributed by atoms with Gasteiger partial charge < -0.3 is 4.90 Å². The molecule has 23 heavy (non-hydrogen) atoms. The zero-order chi connectivity index (χ0) is 16.7. The average molecular weight is 329 g/mol. The average Bonchev–Trinajstić information content (AvgIpc) is 2.59. The summed E-state index contributed by atoms with van der Waals surface area (Å²) in [5.41, 5.74) is 1.24. The molecule has 0 aromatic heterocycles. The van der Waals surface area contributed by atoms with E-state index in [0.717, 1.165) is 12.2 Å². The molecule has 5 nitrogen and oxygen atoms in total. The van der Waals surface area contributed by atoms with E-state index in [1.54, 1.807) is 12.1 Å². The molecule has 0 saturated carbocycles. The molecule has 2 aromatic rings. The first-order chi connectivity index (χ1) is 11.0. The lowest BCUT2D eigenvalue weighted by Gasteiger charge is -2.19. The number of anilines is 1. The van der Waals surface area contributed by atoms with Crippen molar-refractivity contribution in [3.05, 3.63) is 60.2 Å². The molecule has 0 aliphatic carbocycles. The molecule has 0 aliphatic rings. The van der Waals surface area contributed by atoms with Crippen LogP contribution in [0.25, 0.3) is 0 Å². The van der Waals surface area contributed by atoms with Gasteiger partial charge in [-0.2, -0.15) is 5.26 Å². The van der Waals surface area contributed by atoms with Crippen LogP contribution in [-0.4, -0.2) is 28.6 Å². The fourth-order valence-electron chi connectivity index (χ4n) is 2.21. The summed E-state index contributed by atoms with van der Waals surface area (Å²) in [5, 5.41) is 9.00. The van der Waals surface area contributed by atoms with E-state index >= 15 is 0 Å². The van der Waals surface area contributed by atoms with Gasteiger partial charge in [-0.3, -0.25) is 0 Å². The molecule has 0 radical (unpaired) electrons. The molecule has 120 valence electrons. The van der Waals surface area contributed by atoms with Crippen molar-refractivity contribution in [3.8, 4) is 6.07 Å². The Bertz CT molecular complexity index is 783. The number of hydrogen-bond acceptors (Lipinski definition) is 4. The number of para-hydroxylation sites is 1. The Hall–Kier alpha value is -2.36. The Morgan fingerprint density at radius 2 is 1.74 bits per heavy atom. The van der Waals surface area contributed by atoms with Gasteiger partial charge in [0.25, 0.3) is 0 Å². The van der Waals surface area contributed by atoms with E-state index in [2.05, 4.69) is 9.62 Å². The third kappa shape index (κ3) is 4.55. The highest BCUT2D eigenvalue weighted by atomic mass is 32.2. The zero-order valence-corrected chi connectivity index (χ0v) is 13.8. The molecule has 2 rings (SSSR count). The summed E-state index contributed by atoms with van der Waals surface area (Å²) in [6, 6.07) is 18.0. The first-order valence-electron chi connectivity index (χ1n) is 7.29. The second-order valence-electron chi connectivity index (χ2n) is 5.12. The Morgan fingerprint density at radius 3 is 2.43 bits per heavy atom. The second kappa shape index (κ2) is 7.77. The van der Waals surface area contributed by atoms with Crippen LogP contribution in [0.3, 0.4) is 0 Å². The van der Waals surface area contributed by atoms with Crippen LogP contribution in [0.2, 0.25) is 0 Å². The lowest BCUT2D eigenvalue weighted by molar-refractivity contribution is 0.578. The quantitative estimate of drug-likeness (QED) is 0.792. The van der Waals surface area contributed by atoms with Crippen molar-refractivity contribution in [3.63, 3.8) is 0 Å². The van der Waals surface area contributed by atoms with E-state index in [1.165, 1.54) is 12.1 Å². The standard InChI is InChI=1S/C17H19N3O2S/c1-20(16-9-3-2-4-10-16)13-7-12-19-23(21,22)17-11-6-5-8-15(17)14-18/h2-6,8-11,19H,7,12-13H2,1H3. The number of nitriles is 1. The van der Waals surface area contributed by atoms with Crippen molar-refractivity contribution in [1.82, 2.24) is 4.72 Å². The third-order valence-electron chi connectivity index (χ3n) is 3.46. The normalized spacial score (nSPS) is 11.0. The van der Waals surface area contributed by atoms with Crippen LogP contribution < -0.4 is 9.62 Å². The Kier molecular flexibility index (Phi) is 5.74. The van der Waals surface area contributed by atoms with Gasteiger partial charge in [0.2, 0.25) is 10.0 Å². The maximum Gasteiger partial charge on any atom is 0.241 e. The third-order valence-corrected chi connectivity index (χ3v) is 4.98. The SMILES string of the molecule is CN(CCCNS(=O)(=O)c1ccccc1C#N)c1ccccc1. The minimum absolute atomic E-state index is 0.0268. The first-order valence-corrected chi connectivity index (χ1v) is 8.78. The minimum atomic E-state index is -3.66. The van der Waals surface area contributed by atoms with Gasteiger partial charge in [-0.15, -0.1) is 0 Å². The largest absolute Gasteiger partial charge is 0.375 e.